The Hall–Kier alpha value is -2.85. The van der Waals surface area contributed by atoms with Gasteiger partial charge in [0.1, 0.15) is 0 Å². The standard InChI is InChI=1S/C22H22N2O2/c25-22(20-10-5-8-17-6-1-3-9-19(17)20)23-16-18-7-2-4-11-21(18)24-12-14-26-15-13-24/h1-11H,12-16H2,(H,23,25). The summed E-state index contributed by atoms with van der Waals surface area (Å²) in [4.78, 5) is 15.1. The Kier molecular flexibility index (Phi) is 4.84. The van der Waals surface area contributed by atoms with Crippen molar-refractivity contribution in [2.75, 3.05) is 31.2 Å². The molecule has 0 atom stereocenters. The zero-order chi connectivity index (χ0) is 17.8. The molecule has 0 spiro atoms. The van der Waals surface area contributed by atoms with E-state index in [-0.39, 0.29) is 5.91 Å². The van der Waals surface area contributed by atoms with Crippen molar-refractivity contribution in [2.24, 2.45) is 0 Å². The molecule has 4 nitrogen and oxygen atoms in total. The summed E-state index contributed by atoms with van der Waals surface area (Å²) >= 11 is 0. The molecule has 0 radical (unpaired) electrons. The highest BCUT2D eigenvalue weighted by Crippen LogP contribution is 2.22. The van der Waals surface area contributed by atoms with Crippen molar-refractivity contribution in [3.63, 3.8) is 0 Å². The molecule has 1 N–H and O–H groups in total. The first-order valence-electron chi connectivity index (χ1n) is 8.99. The molecule has 1 saturated heterocycles. The number of hydrogen-bond acceptors (Lipinski definition) is 3. The fourth-order valence-corrected chi connectivity index (χ4v) is 3.47. The zero-order valence-corrected chi connectivity index (χ0v) is 14.7. The predicted octanol–water partition coefficient (Wildman–Crippen LogP) is 3.61. The van der Waals surface area contributed by atoms with E-state index in [0.717, 1.165) is 42.6 Å². The number of anilines is 1. The van der Waals surface area contributed by atoms with Crippen LogP contribution >= 0.6 is 0 Å². The molecule has 3 aromatic rings. The van der Waals surface area contributed by atoms with Crippen molar-refractivity contribution in [2.45, 2.75) is 6.54 Å². The zero-order valence-electron chi connectivity index (χ0n) is 14.7. The van der Waals surface area contributed by atoms with Crippen LogP contribution in [-0.4, -0.2) is 32.2 Å². The van der Waals surface area contributed by atoms with Crippen LogP contribution in [0.1, 0.15) is 15.9 Å². The normalized spacial score (nSPS) is 14.4. The number of nitrogens with one attached hydrogen (secondary N) is 1. The Bertz CT molecular complexity index is 911. The maximum absolute atomic E-state index is 12.8. The Morgan fingerprint density at radius 1 is 0.923 bits per heavy atom. The molecule has 4 heteroatoms. The highest BCUT2D eigenvalue weighted by Gasteiger charge is 2.15. The van der Waals surface area contributed by atoms with Crippen molar-refractivity contribution in [1.29, 1.82) is 0 Å². The number of amides is 1. The molecular weight excluding hydrogens is 324 g/mol. The van der Waals surface area contributed by atoms with Gasteiger partial charge in [-0.25, -0.2) is 0 Å². The number of carbonyl (C=O) groups excluding carboxylic acids is 1. The monoisotopic (exact) mass is 346 g/mol. The van der Waals surface area contributed by atoms with Crippen LogP contribution in [0.3, 0.4) is 0 Å². The van der Waals surface area contributed by atoms with E-state index in [4.69, 9.17) is 4.74 Å². The quantitative estimate of drug-likeness (QED) is 0.785. The lowest BCUT2D eigenvalue weighted by Crippen LogP contribution is -2.37. The van der Waals surface area contributed by atoms with Crippen LogP contribution in [0.2, 0.25) is 0 Å². The van der Waals surface area contributed by atoms with Gasteiger partial charge in [0.2, 0.25) is 0 Å². The van der Waals surface area contributed by atoms with Gasteiger partial charge in [-0.15, -0.1) is 0 Å². The first-order chi connectivity index (χ1) is 12.8. The number of ether oxygens (including phenoxy) is 1. The van der Waals surface area contributed by atoms with E-state index in [1.165, 1.54) is 5.69 Å². The van der Waals surface area contributed by atoms with Crippen molar-refractivity contribution in [3.8, 4) is 0 Å². The summed E-state index contributed by atoms with van der Waals surface area (Å²) in [5.41, 5.74) is 3.02. The van der Waals surface area contributed by atoms with Gasteiger partial charge in [0, 0.05) is 30.9 Å². The van der Waals surface area contributed by atoms with Crippen LogP contribution in [0.4, 0.5) is 5.69 Å². The second kappa shape index (κ2) is 7.58. The lowest BCUT2D eigenvalue weighted by atomic mass is 10.0. The Morgan fingerprint density at radius 2 is 1.65 bits per heavy atom. The summed E-state index contributed by atoms with van der Waals surface area (Å²) in [6, 6.07) is 22.1. The second-order valence-corrected chi connectivity index (χ2v) is 6.44. The number of rotatable bonds is 4. The van der Waals surface area contributed by atoms with Gasteiger partial charge in [0.15, 0.2) is 0 Å². The molecule has 1 amide bonds. The molecular formula is C22H22N2O2. The molecule has 1 heterocycles. The summed E-state index contributed by atoms with van der Waals surface area (Å²) in [5.74, 6) is -0.0430. The average molecular weight is 346 g/mol. The average Bonchev–Trinajstić information content (AvgIpc) is 2.72. The lowest BCUT2D eigenvalue weighted by molar-refractivity contribution is 0.0952. The molecule has 26 heavy (non-hydrogen) atoms. The minimum absolute atomic E-state index is 0.0430. The first kappa shape index (κ1) is 16.6. The number of morpholine rings is 1. The van der Waals surface area contributed by atoms with Crippen molar-refractivity contribution < 1.29 is 9.53 Å². The molecule has 4 rings (SSSR count). The van der Waals surface area contributed by atoms with Gasteiger partial charge < -0.3 is 15.0 Å². The smallest absolute Gasteiger partial charge is 0.252 e. The largest absolute Gasteiger partial charge is 0.378 e. The first-order valence-corrected chi connectivity index (χ1v) is 8.99. The number of benzene rings is 3. The van der Waals surface area contributed by atoms with Gasteiger partial charge in [0.05, 0.1) is 13.2 Å². The predicted molar refractivity (Wildman–Crippen MR) is 105 cm³/mol. The maximum atomic E-state index is 12.8. The summed E-state index contributed by atoms with van der Waals surface area (Å²) in [6.45, 7) is 3.77. The topological polar surface area (TPSA) is 41.6 Å². The molecule has 132 valence electrons. The minimum atomic E-state index is -0.0430. The molecule has 1 aliphatic rings. The Labute approximate surface area is 153 Å². The van der Waals surface area contributed by atoms with Gasteiger partial charge in [0.25, 0.3) is 5.91 Å². The molecule has 0 bridgehead atoms. The number of nitrogens with zero attached hydrogens (tertiary/aromatic N) is 1. The van der Waals surface area contributed by atoms with Gasteiger partial charge in [-0.05, 0) is 28.5 Å². The van der Waals surface area contributed by atoms with E-state index in [1.54, 1.807) is 0 Å². The molecule has 0 saturated carbocycles. The van der Waals surface area contributed by atoms with E-state index < -0.39 is 0 Å². The third-order valence-corrected chi connectivity index (χ3v) is 4.82. The third kappa shape index (κ3) is 3.41. The van der Waals surface area contributed by atoms with E-state index >= 15 is 0 Å². The fourth-order valence-electron chi connectivity index (χ4n) is 3.47. The van der Waals surface area contributed by atoms with Crippen molar-refractivity contribution in [3.05, 3.63) is 77.9 Å². The van der Waals surface area contributed by atoms with E-state index in [9.17, 15) is 4.79 Å². The third-order valence-electron chi connectivity index (χ3n) is 4.82. The Morgan fingerprint density at radius 3 is 2.54 bits per heavy atom. The molecule has 1 aliphatic heterocycles. The van der Waals surface area contributed by atoms with Crippen LogP contribution < -0.4 is 10.2 Å². The number of carbonyl (C=O) groups is 1. The van der Waals surface area contributed by atoms with Crippen LogP contribution in [-0.2, 0) is 11.3 Å². The van der Waals surface area contributed by atoms with Crippen molar-refractivity contribution in [1.82, 2.24) is 5.32 Å². The van der Waals surface area contributed by atoms with Gasteiger partial charge in [-0.1, -0.05) is 54.6 Å². The van der Waals surface area contributed by atoms with Crippen LogP contribution in [0.5, 0.6) is 0 Å². The lowest BCUT2D eigenvalue weighted by Gasteiger charge is -2.30. The molecule has 0 aromatic heterocycles. The second-order valence-electron chi connectivity index (χ2n) is 6.44. The highest BCUT2D eigenvalue weighted by molar-refractivity contribution is 6.07. The summed E-state index contributed by atoms with van der Waals surface area (Å²) < 4.78 is 5.45. The Balaban J connectivity index is 1.53. The highest BCUT2D eigenvalue weighted by atomic mass is 16.5. The van der Waals surface area contributed by atoms with Gasteiger partial charge in [-0.2, -0.15) is 0 Å². The summed E-state index contributed by atoms with van der Waals surface area (Å²) in [5, 5.41) is 5.15. The van der Waals surface area contributed by atoms with Crippen LogP contribution in [0.15, 0.2) is 66.7 Å². The summed E-state index contributed by atoms with van der Waals surface area (Å²) in [7, 11) is 0. The van der Waals surface area contributed by atoms with Gasteiger partial charge in [-0.3, -0.25) is 4.79 Å². The van der Waals surface area contributed by atoms with Gasteiger partial charge >= 0.3 is 0 Å². The number of para-hydroxylation sites is 1. The SMILES string of the molecule is O=C(NCc1ccccc1N1CCOCC1)c1cccc2ccccc12. The maximum Gasteiger partial charge on any atom is 0.252 e. The molecule has 0 aliphatic carbocycles. The summed E-state index contributed by atoms with van der Waals surface area (Å²) in [6.07, 6.45) is 0. The van der Waals surface area contributed by atoms with E-state index in [1.807, 2.05) is 54.6 Å². The minimum Gasteiger partial charge on any atom is -0.378 e. The number of hydrogen-bond donors (Lipinski definition) is 1. The molecule has 1 fully saturated rings. The molecule has 3 aromatic carbocycles. The molecule has 0 unspecified atom stereocenters. The van der Waals surface area contributed by atoms with E-state index in [2.05, 4.69) is 22.3 Å². The van der Waals surface area contributed by atoms with Crippen molar-refractivity contribution >= 4 is 22.4 Å². The van der Waals surface area contributed by atoms with E-state index in [0.29, 0.717) is 12.1 Å². The van der Waals surface area contributed by atoms with Crippen LogP contribution in [0.25, 0.3) is 10.8 Å². The van der Waals surface area contributed by atoms with Crippen LogP contribution in [0, 0.1) is 0 Å². The number of fused-ring (bicyclic) bond motifs is 1. The fraction of sp³-hybridized carbons (Fsp3) is 0.227.